The second kappa shape index (κ2) is 8.73. The first-order valence-corrected chi connectivity index (χ1v) is 8.32. The molecule has 0 radical (unpaired) electrons. The summed E-state index contributed by atoms with van der Waals surface area (Å²) in [6, 6.07) is 22.4. The van der Waals surface area contributed by atoms with E-state index in [2.05, 4.69) is 4.98 Å². The van der Waals surface area contributed by atoms with Crippen molar-refractivity contribution < 1.29 is 18.5 Å². The van der Waals surface area contributed by atoms with Gasteiger partial charge in [0.2, 0.25) is 0 Å². The molecule has 0 fully saturated rings. The summed E-state index contributed by atoms with van der Waals surface area (Å²) in [5, 5.41) is 0. The molecule has 0 aliphatic carbocycles. The zero-order chi connectivity index (χ0) is 16.4. The molecule has 5 nitrogen and oxygen atoms in total. The van der Waals surface area contributed by atoms with Crippen molar-refractivity contribution >= 4 is 7.82 Å². The van der Waals surface area contributed by atoms with Gasteiger partial charge in [-0.05, 0) is 36.4 Å². The quantitative estimate of drug-likeness (QED) is 0.722. The number of hydrogen-bond acceptors (Lipinski definition) is 4. The van der Waals surface area contributed by atoms with Crippen molar-refractivity contribution in [2.45, 2.75) is 0 Å². The molecule has 0 aliphatic heterocycles. The van der Waals surface area contributed by atoms with Crippen LogP contribution in [0.3, 0.4) is 0 Å². The lowest BCUT2D eigenvalue weighted by atomic mass is 10.3. The molecule has 23 heavy (non-hydrogen) atoms. The highest BCUT2D eigenvalue weighted by Gasteiger charge is 2.24. The summed E-state index contributed by atoms with van der Waals surface area (Å²) in [5.41, 5.74) is 0. The number of phosphoric ester groups is 1. The molecule has 0 aliphatic rings. The number of para-hydroxylation sites is 2. The molecule has 0 atom stereocenters. The van der Waals surface area contributed by atoms with E-state index in [1.165, 1.54) is 0 Å². The Morgan fingerprint density at radius 2 is 1.09 bits per heavy atom. The summed E-state index contributed by atoms with van der Waals surface area (Å²) in [6.45, 7) is 0. The van der Waals surface area contributed by atoms with Gasteiger partial charge >= 0.3 is 7.82 Å². The molecular weight excluding hydrogens is 313 g/mol. The molecule has 1 heterocycles. The number of hydrogen-bond donors (Lipinski definition) is 1. The van der Waals surface area contributed by atoms with Gasteiger partial charge in [0.25, 0.3) is 0 Å². The summed E-state index contributed by atoms with van der Waals surface area (Å²) >= 11 is 0. The Morgan fingerprint density at radius 3 is 1.39 bits per heavy atom. The van der Waals surface area contributed by atoms with Gasteiger partial charge in [-0.15, -0.1) is 0 Å². The number of benzene rings is 2. The van der Waals surface area contributed by atoms with Crippen molar-refractivity contribution in [2.75, 3.05) is 0 Å². The molecule has 0 bridgehead atoms. The Hall–Kier alpha value is -2.62. The second-order valence-electron chi connectivity index (χ2n) is 4.30. The molecule has 6 heteroatoms. The average molecular weight is 329 g/mol. The predicted octanol–water partition coefficient (Wildman–Crippen LogP) is 4.33. The normalized spacial score (nSPS) is 10.1. The smallest absolute Gasteiger partial charge is 0.395 e. The van der Waals surface area contributed by atoms with E-state index >= 15 is 0 Å². The minimum Gasteiger partial charge on any atom is -0.395 e. The summed E-state index contributed by atoms with van der Waals surface area (Å²) < 4.78 is 21.5. The standard InChI is InChI=1S/C12H11O4P.C5H5N/c13-17(14,15-11-7-3-1-4-8-11)16-12-9-5-2-6-10-12;1-2-4-6-5-3-1/h1-10H,(H,13,14);1-5H. The molecule has 1 aromatic heterocycles. The fraction of sp³-hybridized carbons (Fsp3) is 0. The minimum atomic E-state index is -4.14. The molecule has 0 amide bonds. The van der Waals surface area contributed by atoms with Crippen LogP contribution in [0.4, 0.5) is 0 Å². The third-order valence-corrected chi connectivity index (χ3v) is 3.38. The van der Waals surface area contributed by atoms with E-state index in [0.717, 1.165) is 0 Å². The van der Waals surface area contributed by atoms with Crippen LogP contribution in [0.1, 0.15) is 0 Å². The second-order valence-corrected chi connectivity index (χ2v) is 5.60. The Labute approximate surface area is 134 Å². The number of pyridine rings is 1. The third kappa shape index (κ3) is 6.78. The van der Waals surface area contributed by atoms with Crippen molar-refractivity contribution in [3.8, 4) is 11.5 Å². The van der Waals surface area contributed by atoms with Gasteiger partial charge in [0.1, 0.15) is 11.5 Å². The average Bonchev–Trinajstić information content (AvgIpc) is 2.58. The largest absolute Gasteiger partial charge is 0.584 e. The van der Waals surface area contributed by atoms with Crippen LogP contribution in [0.2, 0.25) is 0 Å². The van der Waals surface area contributed by atoms with E-state index in [1.54, 1.807) is 73.1 Å². The molecule has 0 saturated heterocycles. The van der Waals surface area contributed by atoms with Crippen molar-refractivity contribution in [1.82, 2.24) is 4.98 Å². The number of phosphoric acid groups is 1. The minimum absolute atomic E-state index is 0.286. The Kier molecular flexibility index (Phi) is 6.36. The lowest BCUT2D eigenvalue weighted by molar-refractivity contribution is 0.291. The van der Waals surface area contributed by atoms with E-state index in [9.17, 15) is 9.46 Å². The zero-order valence-electron chi connectivity index (χ0n) is 12.2. The van der Waals surface area contributed by atoms with E-state index in [1.807, 2.05) is 18.2 Å². The SMILES string of the molecule is O=P(O)(Oc1ccccc1)Oc1ccccc1.c1ccncc1. The monoisotopic (exact) mass is 329 g/mol. The topological polar surface area (TPSA) is 68.7 Å². The van der Waals surface area contributed by atoms with Crippen LogP contribution in [0.25, 0.3) is 0 Å². The van der Waals surface area contributed by atoms with Gasteiger partial charge in [0.15, 0.2) is 0 Å². The van der Waals surface area contributed by atoms with Crippen LogP contribution >= 0.6 is 7.82 Å². The molecule has 0 unspecified atom stereocenters. The maximum Gasteiger partial charge on any atom is 0.584 e. The summed E-state index contributed by atoms with van der Waals surface area (Å²) in [5.74, 6) is 0.573. The van der Waals surface area contributed by atoms with Gasteiger partial charge in [0, 0.05) is 12.4 Å². The van der Waals surface area contributed by atoms with Crippen LogP contribution in [0.15, 0.2) is 91.3 Å². The molecule has 118 valence electrons. The lowest BCUT2D eigenvalue weighted by Gasteiger charge is -2.13. The maximum absolute atomic E-state index is 11.7. The highest BCUT2D eigenvalue weighted by atomic mass is 31.2. The van der Waals surface area contributed by atoms with Gasteiger partial charge in [-0.1, -0.05) is 42.5 Å². The van der Waals surface area contributed by atoms with Crippen LogP contribution in [-0.4, -0.2) is 9.88 Å². The van der Waals surface area contributed by atoms with Gasteiger partial charge in [-0.3, -0.25) is 9.88 Å². The highest BCUT2D eigenvalue weighted by Crippen LogP contribution is 2.43. The predicted molar refractivity (Wildman–Crippen MR) is 88.2 cm³/mol. The Balaban J connectivity index is 0.000000268. The summed E-state index contributed by atoms with van der Waals surface area (Å²) in [6.07, 6.45) is 3.50. The Morgan fingerprint density at radius 1 is 0.696 bits per heavy atom. The molecule has 2 aromatic carbocycles. The first kappa shape index (κ1) is 16.7. The number of aromatic nitrogens is 1. The molecule has 3 aromatic rings. The number of rotatable bonds is 4. The highest BCUT2D eigenvalue weighted by molar-refractivity contribution is 7.48. The third-order valence-electron chi connectivity index (χ3n) is 2.49. The molecular formula is C17H16NO4P. The van der Waals surface area contributed by atoms with Gasteiger partial charge in [-0.25, -0.2) is 4.57 Å². The van der Waals surface area contributed by atoms with Crippen LogP contribution in [-0.2, 0) is 4.57 Å². The fourth-order valence-corrected chi connectivity index (χ4v) is 2.37. The maximum atomic E-state index is 11.7. The van der Waals surface area contributed by atoms with Crippen molar-refractivity contribution in [3.05, 3.63) is 91.3 Å². The van der Waals surface area contributed by atoms with Crippen LogP contribution in [0, 0.1) is 0 Å². The lowest BCUT2D eigenvalue weighted by Crippen LogP contribution is -1.99. The van der Waals surface area contributed by atoms with Gasteiger partial charge in [-0.2, -0.15) is 0 Å². The van der Waals surface area contributed by atoms with Crippen LogP contribution in [0.5, 0.6) is 11.5 Å². The van der Waals surface area contributed by atoms with Crippen LogP contribution < -0.4 is 9.05 Å². The van der Waals surface area contributed by atoms with Crippen molar-refractivity contribution in [2.24, 2.45) is 0 Å². The fourth-order valence-electron chi connectivity index (χ4n) is 1.56. The van der Waals surface area contributed by atoms with E-state index < -0.39 is 7.82 Å². The van der Waals surface area contributed by atoms with Crippen molar-refractivity contribution in [1.29, 1.82) is 0 Å². The van der Waals surface area contributed by atoms with E-state index in [4.69, 9.17) is 9.05 Å². The summed E-state index contributed by atoms with van der Waals surface area (Å²) in [4.78, 5) is 13.3. The first-order chi connectivity index (χ1) is 11.2. The molecule has 3 rings (SSSR count). The van der Waals surface area contributed by atoms with Gasteiger partial charge in [0.05, 0.1) is 0 Å². The summed E-state index contributed by atoms with van der Waals surface area (Å²) in [7, 11) is -4.14. The van der Waals surface area contributed by atoms with E-state index in [0.29, 0.717) is 0 Å². The molecule has 1 N–H and O–H groups in total. The Bertz CT molecular complexity index is 651. The van der Waals surface area contributed by atoms with Gasteiger partial charge < -0.3 is 9.05 Å². The van der Waals surface area contributed by atoms with Crippen molar-refractivity contribution in [3.63, 3.8) is 0 Å². The van der Waals surface area contributed by atoms with E-state index in [-0.39, 0.29) is 11.5 Å². The molecule has 0 spiro atoms. The molecule has 0 saturated carbocycles. The number of nitrogens with zero attached hydrogens (tertiary/aromatic N) is 1. The first-order valence-electron chi connectivity index (χ1n) is 6.83. The zero-order valence-corrected chi connectivity index (χ0v) is 13.1.